The fourth-order valence-electron chi connectivity index (χ4n) is 4.26. The summed E-state index contributed by atoms with van der Waals surface area (Å²) in [6.45, 7) is 9.97. The number of thiazole rings is 1. The predicted octanol–water partition coefficient (Wildman–Crippen LogP) is 3.64. The molecule has 0 N–H and O–H groups in total. The normalized spacial score (nSPS) is 15.6. The van der Waals surface area contributed by atoms with Crippen LogP contribution in [0.25, 0.3) is 6.08 Å². The molecule has 0 aliphatic carbocycles. The maximum atomic E-state index is 13.6. The smallest absolute Gasteiger partial charge is 0.338 e. The van der Waals surface area contributed by atoms with E-state index in [1.54, 1.807) is 18.4 Å². The maximum Gasteiger partial charge on any atom is 0.338 e. The van der Waals surface area contributed by atoms with Crippen LogP contribution in [-0.2, 0) is 9.53 Å². The van der Waals surface area contributed by atoms with E-state index in [0.29, 0.717) is 20.6 Å². The number of nitrogens with zero attached hydrogens (tertiary/aromatic N) is 3. The lowest BCUT2D eigenvalue weighted by molar-refractivity contribution is -0.139. The summed E-state index contributed by atoms with van der Waals surface area (Å²) >= 11 is 1.34. The minimum absolute atomic E-state index is 0.167. The lowest BCUT2D eigenvalue weighted by Gasteiger charge is -2.24. The Hall–Kier alpha value is -3.45. The van der Waals surface area contributed by atoms with Crippen LogP contribution in [0.15, 0.2) is 75.7 Å². The molecule has 0 saturated carbocycles. The highest BCUT2D eigenvalue weighted by atomic mass is 32.1. The third-order valence-electron chi connectivity index (χ3n) is 5.95. The SMILES string of the molecule is CCOC(=O)C1=C(C)N=c2sc(=Cc3ccc(N(CC)CC)cc3)c(=O)n2[C@@H]1c1ccccc1. The molecule has 0 bridgehead atoms. The molecule has 176 valence electrons. The maximum absolute atomic E-state index is 13.6. The highest BCUT2D eigenvalue weighted by molar-refractivity contribution is 7.07. The Labute approximate surface area is 203 Å². The van der Waals surface area contributed by atoms with Gasteiger partial charge < -0.3 is 9.64 Å². The Balaban J connectivity index is 1.84. The number of rotatable bonds is 7. The van der Waals surface area contributed by atoms with Crippen molar-refractivity contribution in [1.29, 1.82) is 0 Å². The molecule has 1 aromatic heterocycles. The zero-order valence-electron chi connectivity index (χ0n) is 19.9. The van der Waals surface area contributed by atoms with Gasteiger partial charge in [0.05, 0.1) is 28.5 Å². The van der Waals surface area contributed by atoms with Crippen molar-refractivity contribution in [3.8, 4) is 0 Å². The summed E-state index contributed by atoms with van der Waals surface area (Å²) in [6.07, 6.45) is 1.89. The van der Waals surface area contributed by atoms with Gasteiger partial charge in [-0.1, -0.05) is 53.8 Å². The second-order valence-corrected chi connectivity index (χ2v) is 8.99. The zero-order chi connectivity index (χ0) is 24.2. The predicted molar refractivity (Wildman–Crippen MR) is 137 cm³/mol. The number of fused-ring (bicyclic) bond motifs is 1. The van der Waals surface area contributed by atoms with Gasteiger partial charge in [0.2, 0.25) is 0 Å². The first kappa shape index (κ1) is 23.7. The van der Waals surface area contributed by atoms with E-state index in [0.717, 1.165) is 29.9 Å². The van der Waals surface area contributed by atoms with Gasteiger partial charge in [-0.05, 0) is 57.0 Å². The van der Waals surface area contributed by atoms with Gasteiger partial charge in [0.25, 0.3) is 5.56 Å². The highest BCUT2D eigenvalue weighted by Gasteiger charge is 2.33. The van der Waals surface area contributed by atoms with E-state index in [9.17, 15) is 9.59 Å². The van der Waals surface area contributed by atoms with Gasteiger partial charge in [0.15, 0.2) is 4.80 Å². The van der Waals surface area contributed by atoms with Gasteiger partial charge in [0.1, 0.15) is 0 Å². The van der Waals surface area contributed by atoms with Crippen molar-refractivity contribution in [2.75, 3.05) is 24.6 Å². The van der Waals surface area contributed by atoms with Crippen LogP contribution >= 0.6 is 11.3 Å². The first-order valence-corrected chi connectivity index (χ1v) is 12.4. The van der Waals surface area contributed by atoms with E-state index in [2.05, 4.69) is 35.9 Å². The van der Waals surface area contributed by atoms with E-state index < -0.39 is 12.0 Å². The lowest BCUT2D eigenvalue weighted by atomic mass is 9.96. The number of benzene rings is 2. The van der Waals surface area contributed by atoms with Crippen molar-refractivity contribution in [2.45, 2.75) is 33.7 Å². The quantitative estimate of drug-likeness (QED) is 0.490. The van der Waals surface area contributed by atoms with E-state index in [4.69, 9.17) is 4.74 Å². The molecule has 0 radical (unpaired) electrons. The zero-order valence-corrected chi connectivity index (χ0v) is 20.8. The van der Waals surface area contributed by atoms with Gasteiger partial charge >= 0.3 is 5.97 Å². The van der Waals surface area contributed by atoms with Crippen molar-refractivity contribution >= 4 is 29.1 Å². The number of anilines is 1. The standard InChI is InChI=1S/C27H29N3O3S/c1-5-29(6-2)21-15-13-19(14-16-21)17-22-25(31)30-24(20-11-9-8-10-12-20)23(26(32)33-7-3)18(4)28-27(30)34-22/h8-17,24H,5-7H2,1-4H3/t24-/m1/s1. The van der Waals surface area contributed by atoms with Gasteiger partial charge in [0, 0.05) is 18.8 Å². The summed E-state index contributed by atoms with van der Waals surface area (Å²) in [6, 6.07) is 17.2. The number of esters is 1. The van der Waals surface area contributed by atoms with Crippen LogP contribution in [0, 0.1) is 0 Å². The molecular weight excluding hydrogens is 446 g/mol. The average molecular weight is 476 g/mol. The van der Waals surface area contributed by atoms with Gasteiger partial charge in [-0.25, -0.2) is 9.79 Å². The third kappa shape index (κ3) is 4.48. The summed E-state index contributed by atoms with van der Waals surface area (Å²) < 4.78 is 7.53. The Kier molecular flexibility index (Phi) is 7.12. The molecule has 4 rings (SSSR count). The summed E-state index contributed by atoms with van der Waals surface area (Å²) in [5.41, 5.74) is 3.75. The number of carbonyl (C=O) groups is 1. The van der Waals surface area contributed by atoms with Crippen molar-refractivity contribution in [3.63, 3.8) is 0 Å². The number of aromatic nitrogens is 1. The van der Waals surface area contributed by atoms with E-state index in [1.807, 2.05) is 48.5 Å². The number of carbonyl (C=O) groups excluding carboxylic acids is 1. The number of hydrogen-bond acceptors (Lipinski definition) is 6. The summed E-state index contributed by atoms with van der Waals surface area (Å²) in [4.78, 5) is 34.0. The molecule has 6 nitrogen and oxygen atoms in total. The van der Waals surface area contributed by atoms with Crippen LogP contribution < -0.4 is 19.8 Å². The monoisotopic (exact) mass is 475 g/mol. The Morgan fingerprint density at radius 2 is 1.76 bits per heavy atom. The largest absolute Gasteiger partial charge is 0.463 e. The summed E-state index contributed by atoms with van der Waals surface area (Å²) in [5, 5.41) is 0. The van der Waals surface area contributed by atoms with Crippen LogP contribution in [0.5, 0.6) is 0 Å². The first-order valence-electron chi connectivity index (χ1n) is 11.6. The fraction of sp³-hybridized carbons (Fsp3) is 0.296. The molecule has 7 heteroatoms. The molecule has 1 atom stereocenters. The molecule has 1 aliphatic rings. The topological polar surface area (TPSA) is 63.9 Å². The highest BCUT2D eigenvalue weighted by Crippen LogP contribution is 2.30. The van der Waals surface area contributed by atoms with Crippen LogP contribution in [-0.4, -0.2) is 30.2 Å². The first-order chi connectivity index (χ1) is 16.5. The molecule has 1 aliphatic heterocycles. The van der Waals surface area contributed by atoms with E-state index >= 15 is 0 Å². The third-order valence-corrected chi connectivity index (χ3v) is 6.93. The second kappa shape index (κ2) is 10.2. The van der Waals surface area contributed by atoms with Crippen molar-refractivity contribution in [3.05, 3.63) is 96.7 Å². The summed E-state index contributed by atoms with van der Waals surface area (Å²) in [5.74, 6) is -0.445. The van der Waals surface area contributed by atoms with Crippen LogP contribution in [0.4, 0.5) is 5.69 Å². The molecule has 0 saturated heterocycles. The second-order valence-electron chi connectivity index (χ2n) is 7.98. The van der Waals surface area contributed by atoms with Crippen molar-refractivity contribution in [1.82, 2.24) is 4.57 Å². The lowest BCUT2D eigenvalue weighted by Crippen LogP contribution is -2.39. The Morgan fingerprint density at radius 3 is 2.38 bits per heavy atom. The van der Waals surface area contributed by atoms with Crippen LogP contribution in [0.1, 0.15) is 44.9 Å². The van der Waals surface area contributed by atoms with E-state index in [1.165, 1.54) is 11.3 Å². The summed E-state index contributed by atoms with van der Waals surface area (Å²) in [7, 11) is 0. The number of hydrogen-bond donors (Lipinski definition) is 0. The van der Waals surface area contributed by atoms with Crippen LogP contribution in [0.3, 0.4) is 0 Å². The van der Waals surface area contributed by atoms with Gasteiger partial charge in [-0.2, -0.15) is 0 Å². The number of allylic oxidation sites excluding steroid dienone is 1. The van der Waals surface area contributed by atoms with Gasteiger partial charge in [-0.15, -0.1) is 0 Å². The molecule has 2 aromatic carbocycles. The Morgan fingerprint density at radius 1 is 1.09 bits per heavy atom. The Bertz CT molecular complexity index is 1380. The van der Waals surface area contributed by atoms with Crippen LogP contribution in [0.2, 0.25) is 0 Å². The molecular formula is C27H29N3O3S. The molecule has 34 heavy (non-hydrogen) atoms. The molecule has 0 fully saturated rings. The molecule has 0 amide bonds. The van der Waals surface area contributed by atoms with E-state index in [-0.39, 0.29) is 12.2 Å². The average Bonchev–Trinajstić information content (AvgIpc) is 3.15. The molecule has 3 aromatic rings. The van der Waals surface area contributed by atoms with Crippen molar-refractivity contribution in [2.24, 2.45) is 4.99 Å². The number of ether oxygens (including phenoxy) is 1. The molecule has 0 unspecified atom stereocenters. The minimum Gasteiger partial charge on any atom is -0.463 e. The molecule has 0 spiro atoms. The van der Waals surface area contributed by atoms with Crippen molar-refractivity contribution < 1.29 is 9.53 Å². The minimum atomic E-state index is -0.580. The fourth-order valence-corrected chi connectivity index (χ4v) is 5.31. The van der Waals surface area contributed by atoms with Gasteiger partial charge in [-0.3, -0.25) is 9.36 Å². The molecule has 2 heterocycles.